The molecule has 2 amide bonds. The van der Waals surface area contributed by atoms with Crippen molar-refractivity contribution in [1.82, 2.24) is 15.1 Å². The molecule has 0 bridgehead atoms. The summed E-state index contributed by atoms with van der Waals surface area (Å²) in [4.78, 5) is 28.9. The minimum Gasteiger partial charge on any atom is -0.486 e. The molecule has 0 aliphatic carbocycles. The number of piperazine rings is 1. The molecule has 2 aromatic carbocycles. The zero-order valence-corrected chi connectivity index (χ0v) is 17.9. The van der Waals surface area contributed by atoms with E-state index in [0.717, 1.165) is 11.3 Å². The molecule has 4 rings (SSSR count). The van der Waals surface area contributed by atoms with E-state index in [0.29, 0.717) is 58.0 Å². The molecule has 0 radical (unpaired) electrons. The molecule has 1 atom stereocenters. The Labute approximate surface area is 182 Å². The lowest BCUT2D eigenvalue weighted by Gasteiger charge is -2.34. The molecular weight excluding hydrogens is 394 g/mol. The number of aryl methyl sites for hydroxylation is 1. The van der Waals surface area contributed by atoms with E-state index >= 15 is 0 Å². The fraction of sp³-hybridized carbons (Fsp3) is 0.417. The average molecular weight is 424 g/mol. The van der Waals surface area contributed by atoms with Gasteiger partial charge in [0.2, 0.25) is 11.8 Å². The highest BCUT2D eigenvalue weighted by atomic mass is 16.6. The van der Waals surface area contributed by atoms with Crippen molar-refractivity contribution in [2.75, 3.05) is 45.9 Å². The third-order valence-corrected chi connectivity index (χ3v) is 5.66. The van der Waals surface area contributed by atoms with Crippen LogP contribution in [0.5, 0.6) is 11.5 Å². The van der Waals surface area contributed by atoms with E-state index in [4.69, 9.17) is 9.47 Å². The van der Waals surface area contributed by atoms with Gasteiger partial charge in [0.15, 0.2) is 11.5 Å². The van der Waals surface area contributed by atoms with Crippen LogP contribution < -0.4 is 14.8 Å². The van der Waals surface area contributed by atoms with Crippen molar-refractivity contribution in [1.29, 1.82) is 0 Å². The van der Waals surface area contributed by atoms with E-state index in [2.05, 4.69) is 10.2 Å². The topological polar surface area (TPSA) is 71.1 Å². The highest BCUT2D eigenvalue weighted by molar-refractivity contribution is 5.79. The Balaban J connectivity index is 1.15. The Morgan fingerprint density at radius 2 is 1.71 bits per heavy atom. The fourth-order valence-corrected chi connectivity index (χ4v) is 3.80. The Morgan fingerprint density at radius 1 is 1.00 bits per heavy atom. The number of amides is 2. The first kappa shape index (κ1) is 21.2. The second kappa shape index (κ2) is 9.83. The molecule has 1 N–H and O–H groups in total. The number of ether oxygens (including phenoxy) is 2. The molecule has 1 unspecified atom stereocenters. The van der Waals surface area contributed by atoms with Gasteiger partial charge in [-0.3, -0.25) is 14.5 Å². The summed E-state index contributed by atoms with van der Waals surface area (Å²) in [6.07, 6.45) is 0.225. The quantitative estimate of drug-likeness (QED) is 0.765. The summed E-state index contributed by atoms with van der Waals surface area (Å²) < 4.78 is 11.5. The van der Waals surface area contributed by atoms with Crippen molar-refractivity contribution >= 4 is 11.8 Å². The number of benzene rings is 2. The number of hydrogen-bond donors (Lipinski definition) is 1. The first-order valence-electron chi connectivity index (χ1n) is 10.8. The maximum Gasteiger partial charge on any atom is 0.234 e. The Morgan fingerprint density at radius 3 is 2.45 bits per heavy atom. The third kappa shape index (κ3) is 5.76. The largest absolute Gasteiger partial charge is 0.486 e. The van der Waals surface area contributed by atoms with E-state index in [1.807, 2.05) is 60.4 Å². The first-order chi connectivity index (χ1) is 15.1. The zero-order chi connectivity index (χ0) is 21.6. The third-order valence-electron chi connectivity index (χ3n) is 5.66. The summed E-state index contributed by atoms with van der Waals surface area (Å²) in [6.45, 7) is 5.87. The van der Waals surface area contributed by atoms with Crippen LogP contribution in [-0.4, -0.2) is 73.6 Å². The lowest BCUT2D eigenvalue weighted by Crippen LogP contribution is -2.52. The number of nitrogens with one attached hydrogen (secondary N) is 1. The van der Waals surface area contributed by atoms with Gasteiger partial charge < -0.3 is 19.7 Å². The second-order valence-corrected chi connectivity index (χ2v) is 8.12. The maximum absolute atomic E-state index is 12.5. The van der Waals surface area contributed by atoms with Gasteiger partial charge in [-0.15, -0.1) is 0 Å². The summed E-state index contributed by atoms with van der Waals surface area (Å²) in [5, 5.41) is 2.94. The van der Waals surface area contributed by atoms with Gasteiger partial charge in [0, 0.05) is 26.2 Å². The lowest BCUT2D eigenvalue weighted by molar-refractivity contribution is -0.132. The molecule has 1 fully saturated rings. The zero-order valence-electron chi connectivity index (χ0n) is 17.9. The van der Waals surface area contributed by atoms with E-state index in [1.54, 1.807) is 0 Å². The van der Waals surface area contributed by atoms with Gasteiger partial charge >= 0.3 is 0 Å². The molecule has 7 heteroatoms. The summed E-state index contributed by atoms with van der Waals surface area (Å²) in [5.74, 6) is 1.55. The van der Waals surface area contributed by atoms with Crippen LogP contribution in [0.15, 0.2) is 48.5 Å². The van der Waals surface area contributed by atoms with E-state index in [1.165, 1.54) is 5.56 Å². The summed E-state index contributed by atoms with van der Waals surface area (Å²) in [6, 6.07) is 15.6. The Bertz CT molecular complexity index is 907. The number of nitrogens with zero attached hydrogens (tertiary/aromatic N) is 2. The van der Waals surface area contributed by atoms with E-state index < -0.39 is 0 Å². The van der Waals surface area contributed by atoms with Gasteiger partial charge in [-0.25, -0.2) is 0 Å². The van der Waals surface area contributed by atoms with E-state index in [-0.39, 0.29) is 17.9 Å². The number of fused-ring (bicyclic) bond motifs is 1. The van der Waals surface area contributed by atoms with E-state index in [9.17, 15) is 9.59 Å². The number of carbonyl (C=O) groups is 2. The van der Waals surface area contributed by atoms with Gasteiger partial charge in [-0.05, 0) is 24.6 Å². The molecule has 7 nitrogen and oxygen atoms in total. The van der Waals surface area contributed by atoms with Crippen LogP contribution in [-0.2, 0) is 16.0 Å². The monoisotopic (exact) mass is 423 g/mol. The smallest absolute Gasteiger partial charge is 0.234 e. The predicted octanol–water partition coefficient (Wildman–Crippen LogP) is 1.64. The maximum atomic E-state index is 12.5. The molecular formula is C24H29N3O4. The van der Waals surface area contributed by atoms with Crippen LogP contribution in [0.25, 0.3) is 0 Å². The van der Waals surface area contributed by atoms with Crippen LogP contribution >= 0.6 is 0 Å². The highest BCUT2D eigenvalue weighted by Gasteiger charge is 2.24. The van der Waals surface area contributed by atoms with Gasteiger partial charge in [0.05, 0.1) is 19.5 Å². The molecule has 0 saturated carbocycles. The summed E-state index contributed by atoms with van der Waals surface area (Å²) in [5.41, 5.74) is 2.23. The SMILES string of the molecule is Cc1ccc(CC(=O)N2CCN(CC(=O)NCC3COc4ccccc4O3)CC2)cc1. The summed E-state index contributed by atoms with van der Waals surface area (Å²) >= 11 is 0. The molecule has 31 heavy (non-hydrogen) atoms. The standard InChI is InChI=1S/C24H29N3O4/c1-18-6-8-19(9-7-18)14-24(29)27-12-10-26(11-13-27)16-23(28)25-15-20-17-30-21-4-2-3-5-22(21)31-20/h2-9,20H,10-17H2,1H3,(H,25,28). The molecule has 2 aliphatic heterocycles. The lowest BCUT2D eigenvalue weighted by atomic mass is 10.1. The average Bonchev–Trinajstić information content (AvgIpc) is 2.79. The number of rotatable bonds is 6. The Kier molecular flexibility index (Phi) is 6.72. The highest BCUT2D eigenvalue weighted by Crippen LogP contribution is 2.30. The van der Waals surface area contributed by atoms with Crippen LogP contribution in [0.1, 0.15) is 11.1 Å². The minimum atomic E-state index is -0.199. The number of carbonyl (C=O) groups excluding carboxylic acids is 2. The fourth-order valence-electron chi connectivity index (χ4n) is 3.80. The van der Waals surface area contributed by atoms with Crippen molar-refractivity contribution in [2.45, 2.75) is 19.4 Å². The summed E-state index contributed by atoms with van der Waals surface area (Å²) in [7, 11) is 0. The van der Waals surface area contributed by atoms with Gasteiger partial charge in [-0.1, -0.05) is 42.0 Å². The Hall–Kier alpha value is -3.06. The van der Waals surface area contributed by atoms with Gasteiger partial charge in [0.1, 0.15) is 12.7 Å². The van der Waals surface area contributed by atoms with Crippen LogP contribution in [0.3, 0.4) is 0 Å². The molecule has 0 spiro atoms. The van der Waals surface area contributed by atoms with Crippen LogP contribution in [0.2, 0.25) is 0 Å². The number of para-hydroxylation sites is 2. The minimum absolute atomic E-state index is 0.0399. The van der Waals surface area contributed by atoms with Crippen molar-refractivity contribution in [2.24, 2.45) is 0 Å². The molecule has 164 valence electrons. The normalized spacial score (nSPS) is 18.5. The molecule has 2 aromatic rings. The molecule has 2 heterocycles. The predicted molar refractivity (Wildman–Crippen MR) is 117 cm³/mol. The van der Waals surface area contributed by atoms with Crippen molar-refractivity contribution < 1.29 is 19.1 Å². The van der Waals surface area contributed by atoms with Crippen molar-refractivity contribution in [3.8, 4) is 11.5 Å². The molecule has 2 aliphatic rings. The van der Waals surface area contributed by atoms with Gasteiger partial charge in [0.25, 0.3) is 0 Å². The van der Waals surface area contributed by atoms with Crippen molar-refractivity contribution in [3.05, 3.63) is 59.7 Å². The van der Waals surface area contributed by atoms with Crippen LogP contribution in [0.4, 0.5) is 0 Å². The number of hydrogen-bond acceptors (Lipinski definition) is 5. The van der Waals surface area contributed by atoms with Crippen molar-refractivity contribution in [3.63, 3.8) is 0 Å². The van der Waals surface area contributed by atoms with Gasteiger partial charge in [-0.2, -0.15) is 0 Å². The molecule has 1 saturated heterocycles. The second-order valence-electron chi connectivity index (χ2n) is 8.12. The molecule has 0 aromatic heterocycles. The first-order valence-corrected chi connectivity index (χ1v) is 10.8. The van der Waals surface area contributed by atoms with Crippen LogP contribution in [0, 0.1) is 6.92 Å².